The standard InChI is InChI=1S/C12H9NO4S/c1-8-6-12(14)17-11-7-9(2-3-10(8)11)18(15,16)5-4-13/h2-3,6-7H,5H2,1H3. The summed E-state index contributed by atoms with van der Waals surface area (Å²) in [4.78, 5) is 11.2. The fourth-order valence-corrected chi connectivity index (χ4v) is 2.57. The first-order valence-electron chi connectivity index (χ1n) is 5.08. The first-order chi connectivity index (χ1) is 8.44. The molecule has 0 atom stereocenters. The Kier molecular flexibility index (Phi) is 2.93. The second kappa shape index (κ2) is 4.27. The third kappa shape index (κ3) is 2.13. The van der Waals surface area contributed by atoms with Crippen molar-refractivity contribution in [2.75, 3.05) is 5.75 Å². The largest absolute Gasteiger partial charge is 0.423 e. The van der Waals surface area contributed by atoms with E-state index in [1.165, 1.54) is 18.2 Å². The van der Waals surface area contributed by atoms with Crippen molar-refractivity contribution in [2.24, 2.45) is 0 Å². The molecule has 0 unspecified atom stereocenters. The van der Waals surface area contributed by atoms with Crippen LogP contribution >= 0.6 is 0 Å². The van der Waals surface area contributed by atoms with Gasteiger partial charge in [-0.1, -0.05) is 0 Å². The maximum Gasteiger partial charge on any atom is 0.336 e. The molecule has 0 radical (unpaired) electrons. The molecule has 0 aliphatic rings. The topological polar surface area (TPSA) is 88.1 Å². The summed E-state index contributed by atoms with van der Waals surface area (Å²) in [5.74, 6) is -0.603. The molecule has 18 heavy (non-hydrogen) atoms. The minimum atomic E-state index is -3.65. The van der Waals surface area contributed by atoms with Crippen LogP contribution in [0.1, 0.15) is 5.56 Å². The molecule has 0 saturated carbocycles. The Bertz CT molecular complexity index is 812. The number of rotatable bonds is 2. The highest BCUT2D eigenvalue weighted by Crippen LogP contribution is 2.21. The molecule has 0 spiro atoms. The molecule has 5 nitrogen and oxygen atoms in total. The van der Waals surface area contributed by atoms with Gasteiger partial charge in [0.05, 0.1) is 11.0 Å². The van der Waals surface area contributed by atoms with Gasteiger partial charge in [0.15, 0.2) is 9.84 Å². The number of fused-ring (bicyclic) bond motifs is 1. The summed E-state index contributed by atoms with van der Waals surface area (Å²) in [7, 11) is -3.65. The van der Waals surface area contributed by atoms with Crippen molar-refractivity contribution in [1.82, 2.24) is 0 Å². The fourth-order valence-electron chi connectivity index (χ4n) is 1.67. The summed E-state index contributed by atoms with van der Waals surface area (Å²) < 4.78 is 28.4. The Morgan fingerprint density at radius 3 is 2.72 bits per heavy atom. The van der Waals surface area contributed by atoms with Gasteiger partial charge in [0.25, 0.3) is 0 Å². The van der Waals surface area contributed by atoms with Crippen molar-refractivity contribution in [2.45, 2.75) is 11.8 Å². The molecule has 2 aromatic rings. The van der Waals surface area contributed by atoms with Gasteiger partial charge in [-0.15, -0.1) is 0 Å². The summed E-state index contributed by atoms with van der Waals surface area (Å²) in [5.41, 5.74) is 0.388. The van der Waals surface area contributed by atoms with Gasteiger partial charge in [-0.25, -0.2) is 13.2 Å². The van der Waals surface area contributed by atoms with Crippen LogP contribution in [0.25, 0.3) is 11.0 Å². The van der Waals surface area contributed by atoms with Gasteiger partial charge in [-0.3, -0.25) is 0 Å². The van der Waals surface area contributed by atoms with Crippen LogP contribution < -0.4 is 5.63 Å². The number of nitriles is 1. The minimum Gasteiger partial charge on any atom is -0.423 e. The number of sulfone groups is 1. The second-order valence-corrected chi connectivity index (χ2v) is 5.81. The molecular weight excluding hydrogens is 254 g/mol. The summed E-state index contributed by atoms with van der Waals surface area (Å²) in [6.07, 6.45) is 0. The van der Waals surface area contributed by atoms with Crippen molar-refractivity contribution in [3.8, 4) is 6.07 Å². The van der Waals surface area contributed by atoms with Gasteiger partial charge in [0.2, 0.25) is 0 Å². The number of nitrogens with zero attached hydrogens (tertiary/aromatic N) is 1. The lowest BCUT2D eigenvalue weighted by molar-refractivity contribution is 0.558. The highest BCUT2D eigenvalue weighted by molar-refractivity contribution is 7.91. The summed E-state index contributed by atoms with van der Waals surface area (Å²) >= 11 is 0. The molecular formula is C12H9NO4S. The maximum absolute atomic E-state index is 11.7. The first-order valence-corrected chi connectivity index (χ1v) is 6.73. The molecule has 1 aromatic heterocycles. The van der Waals surface area contributed by atoms with E-state index in [0.29, 0.717) is 10.9 Å². The summed E-state index contributed by atoms with van der Waals surface area (Å²) in [6, 6.07) is 7.18. The van der Waals surface area contributed by atoms with E-state index >= 15 is 0 Å². The molecule has 92 valence electrons. The highest BCUT2D eigenvalue weighted by atomic mass is 32.2. The SMILES string of the molecule is Cc1cc(=O)oc2cc(S(=O)(=O)CC#N)ccc12. The molecule has 0 aliphatic heterocycles. The Morgan fingerprint density at radius 2 is 2.06 bits per heavy atom. The zero-order chi connectivity index (χ0) is 13.3. The van der Waals surface area contributed by atoms with E-state index in [-0.39, 0.29) is 10.5 Å². The molecule has 0 N–H and O–H groups in total. The van der Waals surface area contributed by atoms with Crippen LogP contribution in [0.15, 0.2) is 38.4 Å². The van der Waals surface area contributed by atoms with Crippen molar-refractivity contribution in [1.29, 1.82) is 5.26 Å². The van der Waals surface area contributed by atoms with Gasteiger partial charge in [-0.2, -0.15) is 5.26 Å². The van der Waals surface area contributed by atoms with E-state index in [0.717, 1.165) is 0 Å². The van der Waals surface area contributed by atoms with Gasteiger partial charge in [0.1, 0.15) is 11.3 Å². The van der Waals surface area contributed by atoms with Crippen LogP contribution in [0.5, 0.6) is 0 Å². The monoisotopic (exact) mass is 263 g/mol. The lowest BCUT2D eigenvalue weighted by atomic mass is 10.1. The zero-order valence-electron chi connectivity index (χ0n) is 9.50. The Labute approximate surface area is 103 Å². The Hall–Kier alpha value is -2.13. The normalized spacial score (nSPS) is 11.3. The van der Waals surface area contributed by atoms with E-state index in [4.69, 9.17) is 9.68 Å². The van der Waals surface area contributed by atoms with Crippen molar-refractivity contribution in [3.63, 3.8) is 0 Å². The van der Waals surface area contributed by atoms with Crippen LogP contribution in [-0.4, -0.2) is 14.2 Å². The summed E-state index contributed by atoms with van der Waals surface area (Å²) in [6.45, 7) is 1.74. The van der Waals surface area contributed by atoms with Crippen LogP contribution in [-0.2, 0) is 9.84 Å². The molecule has 0 fully saturated rings. The molecule has 0 saturated heterocycles. The Morgan fingerprint density at radius 1 is 1.33 bits per heavy atom. The smallest absolute Gasteiger partial charge is 0.336 e. The number of hydrogen-bond donors (Lipinski definition) is 0. The average Bonchev–Trinajstić information content (AvgIpc) is 2.27. The quantitative estimate of drug-likeness (QED) is 0.764. The van der Waals surface area contributed by atoms with Crippen LogP contribution in [0.4, 0.5) is 0 Å². The van der Waals surface area contributed by atoms with E-state index in [2.05, 4.69) is 0 Å². The number of hydrogen-bond acceptors (Lipinski definition) is 5. The molecule has 6 heteroatoms. The predicted octanol–water partition coefficient (Wildman–Crippen LogP) is 1.40. The van der Waals surface area contributed by atoms with Crippen molar-refractivity contribution < 1.29 is 12.8 Å². The molecule has 1 heterocycles. The van der Waals surface area contributed by atoms with Crippen molar-refractivity contribution in [3.05, 3.63) is 40.2 Å². The second-order valence-electron chi connectivity index (χ2n) is 3.82. The molecule has 0 aliphatic carbocycles. The third-order valence-corrected chi connectivity index (χ3v) is 4.02. The van der Waals surface area contributed by atoms with Gasteiger partial charge >= 0.3 is 5.63 Å². The van der Waals surface area contributed by atoms with Crippen LogP contribution in [0.2, 0.25) is 0 Å². The van der Waals surface area contributed by atoms with Crippen LogP contribution in [0, 0.1) is 18.3 Å². The van der Waals surface area contributed by atoms with Gasteiger partial charge < -0.3 is 4.42 Å². The van der Waals surface area contributed by atoms with E-state index in [9.17, 15) is 13.2 Å². The number of aryl methyl sites for hydroxylation is 1. The van der Waals surface area contributed by atoms with E-state index in [1.54, 1.807) is 19.1 Å². The zero-order valence-corrected chi connectivity index (χ0v) is 10.3. The Balaban J connectivity index is 2.73. The van der Waals surface area contributed by atoms with Crippen molar-refractivity contribution >= 4 is 20.8 Å². The fraction of sp³-hybridized carbons (Fsp3) is 0.167. The maximum atomic E-state index is 11.7. The van der Waals surface area contributed by atoms with Gasteiger partial charge in [-0.05, 0) is 24.6 Å². The molecule has 2 rings (SSSR count). The predicted molar refractivity (Wildman–Crippen MR) is 64.9 cm³/mol. The third-order valence-electron chi connectivity index (χ3n) is 2.54. The molecule has 0 amide bonds. The van der Waals surface area contributed by atoms with Gasteiger partial charge in [0, 0.05) is 17.5 Å². The minimum absolute atomic E-state index is 0.0229. The molecule has 1 aromatic carbocycles. The summed E-state index contributed by atoms with van der Waals surface area (Å²) in [5, 5.41) is 9.13. The first kappa shape index (κ1) is 12.3. The lowest BCUT2D eigenvalue weighted by Crippen LogP contribution is -2.05. The molecule has 0 bridgehead atoms. The van der Waals surface area contributed by atoms with E-state index in [1.807, 2.05) is 0 Å². The highest BCUT2D eigenvalue weighted by Gasteiger charge is 2.15. The van der Waals surface area contributed by atoms with E-state index < -0.39 is 21.2 Å². The lowest BCUT2D eigenvalue weighted by Gasteiger charge is -2.03. The van der Waals surface area contributed by atoms with Crippen LogP contribution in [0.3, 0.4) is 0 Å². The number of benzene rings is 1. The average molecular weight is 263 g/mol.